The number of anilines is 2. The molecule has 2 aromatic rings. The SMILES string of the molecule is CN(C)c1ncccc1NC(=O)C1CCCN(S(=O)(=O)c2ccc(Br)s2)C1. The highest BCUT2D eigenvalue weighted by atomic mass is 79.9. The van der Waals surface area contributed by atoms with Crippen LogP contribution in [0.25, 0.3) is 0 Å². The normalized spacial score (nSPS) is 18.3. The van der Waals surface area contributed by atoms with Crippen LogP contribution in [0.15, 0.2) is 38.5 Å². The zero-order valence-corrected chi connectivity index (χ0v) is 18.3. The van der Waals surface area contributed by atoms with Crippen LogP contribution in [0.5, 0.6) is 0 Å². The van der Waals surface area contributed by atoms with E-state index in [4.69, 9.17) is 0 Å². The number of carbonyl (C=O) groups is 1. The van der Waals surface area contributed by atoms with Crippen molar-refractivity contribution >= 4 is 54.7 Å². The number of hydrogen-bond donors (Lipinski definition) is 1. The first-order valence-corrected chi connectivity index (χ1v) is 11.5. The van der Waals surface area contributed by atoms with Gasteiger partial charge in [-0.2, -0.15) is 4.31 Å². The van der Waals surface area contributed by atoms with Gasteiger partial charge in [0.25, 0.3) is 10.0 Å². The van der Waals surface area contributed by atoms with Gasteiger partial charge in [0.05, 0.1) is 15.4 Å². The predicted octanol–water partition coefficient (Wildman–Crippen LogP) is 3.01. The van der Waals surface area contributed by atoms with E-state index in [0.29, 0.717) is 30.9 Å². The molecule has 2 aromatic heterocycles. The average molecular weight is 473 g/mol. The molecular formula is C17H21BrN4O3S2. The van der Waals surface area contributed by atoms with Gasteiger partial charge in [-0.05, 0) is 53.0 Å². The number of nitrogens with one attached hydrogen (secondary N) is 1. The molecule has 0 aliphatic carbocycles. The smallest absolute Gasteiger partial charge is 0.252 e. The number of carbonyl (C=O) groups excluding carboxylic acids is 1. The summed E-state index contributed by atoms with van der Waals surface area (Å²) in [6.07, 6.45) is 2.97. The second-order valence-corrected chi connectivity index (χ2v) is 11.1. The van der Waals surface area contributed by atoms with Crippen LogP contribution < -0.4 is 10.2 Å². The van der Waals surface area contributed by atoms with Crippen molar-refractivity contribution in [3.05, 3.63) is 34.2 Å². The number of amides is 1. The molecule has 0 radical (unpaired) electrons. The molecular weight excluding hydrogens is 452 g/mol. The van der Waals surface area contributed by atoms with Crippen LogP contribution in [0.1, 0.15) is 12.8 Å². The molecule has 3 rings (SSSR count). The fourth-order valence-electron chi connectivity index (χ4n) is 3.02. The lowest BCUT2D eigenvalue weighted by atomic mass is 9.99. The summed E-state index contributed by atoms with van der Waals surface area (Å²) in [5.74, 6) is 0.0834. The molecule has 1 aliphatic heterocycles. The third kappa shape index (κ3) is 4.50. The van der Waals surface area contributed by atoms with Gasteiger partial charge in [0, 0.05) is 33.4 Å². The molecule has 3 heterocycles. The molecule has 0 spiro atoms. The van der Waals surface area contributed by atoms with Gasteiger partial charge in [-0.1, -0.05) is 0 Å². The van der Waals surface area contributed by atoms with Crippen molar-refractivity contribution < 1.29 is 13.2 Å². The van der Waals surface area contributed by atoms with Gasteiger partial charge in [0.1, 0.15) is 4.21 Å². The maximum atomic E-state index is 12.8. The molecule has 7 nitrogen and oxygen atoms in total. The average Bonchev–Trinajstić information content (AvgIpc) is 3.09. The molecule has 1 aliphatic rings. The second-order valence-electron chi connectivity index (χ2n) is 6.52. The molecule has 1 saturated heterocycles. The highest BCUT2D eigenvalue weighted by Crippen LogP contribution is 2.31. The summed E-state index contributed by atoms with van der Waals surface area (Å²) in [4.78, 5) is 18.9. The summed E-state index contributed by atoms with van der Waals surface area (Å²) in [7, 11) is 0.126. The Morgan fingerprint density at radius 2 is 2.15 bits per heavy atom. The first kappa shape index (κ1) is 20.2. The van der Waals surface area contributed by atoms with Gasteiger partial charge in [0.15, 0.2) is 5.82 Å². The minimum atomic E-state index is -3.58. The van der Waals surface area contributed by atoms with Crippen LogP contribution in [-0.4, -0.2) is 50.8 Å². The number of hydrogen-bond acceptors (Lipinski definition) is 6. The van der Waals surface area contributed by atoms with Crippen molar-refractivity contribution in [3.8, 4) is 0 Å². The van der Waals surface area contributed by atoms with Gasteiger partial charge in [-0.3, -0.25) is 4.79 Å². The molecule has 1 amide bonds. The Labute approximate surface area is 171 Å². The maximum Gasteiger partial charge on any atom is 0.252 e. The monoisotopic (exact) mass is 472 g/mol. The molecule has 1 unspecified atom stereocenters. The summed E-state index contributed by atoms with van der Waals surface area (Å²) in [6.45, 7) is 0.610. The standard InChI is InChI=1S/C17H21BrN4O3S2/c1-21(2)16-13(6-3-9-19-16)20-17(23)12-5-4-10-22(11-12)27(24,25)15-8-7-14(18)26-15/h3,6-9,12H,4-5,10-11H2,1-2H3,(H,20,23). The number of aromatic nitrogens is 1. The van der Waals surface area contributed by atoms with E-state index in [0.717, 1.165) is 3.79 Å². The quantitative estimate of drug-likeness (QED) is 0.722. The fourth-order valence-corrected chi connectivity index (χ4v) is 6.71. The number of pyridine rings is 1. The number of halogens is 1. The Morgan fingerprint density at radius 3 is 2.81 bits per heavy atom. The van der Waals surface area contributed by atoms with Crippen LogP contribution in [0, 0.1) is 5.92 Å². The zero-order chi connectivity index (χ0) is 19.6. The first-order chi connectivity index (χ1) is 12.8. The Balaban J connectivity index is 1.74. The molecule has 1 atom stereocenters. The lowest BCUT2D eigenvalue weighted by Crippen LogP contribution is -2.43. The molecule has 0 saturated carbocycles. The summed E-state index contributed by atoms with van der Waals surface area (Å²) in [5.41, 5.74) is 0.620. The van der Waals surface area contributed by atoms with E-state index in [-0.39, 0.29) is 16.7 Å². The highest BCUT2D eigenvalue weighted by Gasteiger charge is 2.34. The van der Waals surface area contributed by atoms with Crippen LogP contribution >= 0.6 is 27.3 Å². The summed E-state index contributed by atoms with van der Waals surface area (Å²) >= 11 is 4.48. The number of nitrogens with zero attached hydrogens (tertiary/aromatic N) is 3. The van der Waals surface area contributed by atoms with E-state index in [9.17, 15) is 13.2 Å². The summed E-state index contributed by atoms with van der Waals surface area (Å²) < 4.78 is 28.1. The maximum absolute atomic E-state index is 12.8. The summed E-state index contributed by atoms with van der Waals surface area (Å²) in [5, 5.41) is 2.91. The largest absolute Gasteiger partial charge is 0.361 e. The van der Waals surface area contributed by atoms with Crippen LogP contribution in [0.3, 0.4) is 0 Å². The van der Waals surface area contributed by atoms with Gasteiger partial charge < -0.3 is 10.2 Å². The molecule has 0 aromatic carbocycles. The summed E-state index contributed by atoms with van der Waals surface area (Å²) in [6, 6.07) is 6.86. The van der Waals surface area contributed by atoms with Crippen molar-refractivity contribution in [2.24, 2.45) is 5.92 Å². The first-order valence-electron chi connectivity index (χ1n) is 8.47. The molecule has 10 heteroatoms. The number of rotatable bonds is 5. The Bertz CT molecular complexity index is 930. The van der Waals surface area contributed by atoms with Crippen LogP contribution in [-0.2, 0) is 14.8 Å². The van der Waals surface area contributed by atoms with Gasteiger partial charge >= 0.3 is 0 Å². The van der Waals surface area contributed by atoms with Crippen molar-refractivity contribution in [2.75, 3.05) is 37.4 Å². The third-order valence-electron chi connectivity index (χ3n) is 4.37. The van der Waals surface area contributed by atoms with Crippen LogP contribution in [0.2, 0.25) is 0 Å². The van der Waals surface area contributed by atoms with E-state index in [1.165, 1.54) is 15.6 Å². The molecule has 1 N–H and O–H groups in total. The number of sulfonamides is 1. The van der Waals surface area contributed by atoms with E-state index >= 15 is 0 Å². The molecule has 146 valence electrons. The van der Waals surface area contributed by atoms with E-state index in [1.54, 1.807) is 30.5 Å². The molecule has 0 bridgehead atoms. The van der Waals surface area contributed by atoms with E-state index in [1.807, 2.05) is 19.0 Å². The van der Waals surface area contributed by atoms with Crippen molar-refractivity contribution in [1.29, 1.82) is 0 Å². The fraction of sp³-hybridized carbons (Fsp3) is 0.412. The van der Waals surface area contributed by atoms with E-state index < -0.39 is 15.9 Å². The van der Waals surface area contributed by atoms with Gasteiger partial charge in [0.2, 0.25) is 5.91 Å². The number of thiophene rings is 1. The lowest BCUT2D eigenvalue weighted by Gasteiger charge is -2.31. The van der Waals surface area contributed by atoms with Crippen LogP contribution in [0.4, 0.5) is 11.5 Å². The van der Waals surface area contributed by atoms with Gasteiger partial charge in [-0.25, -0.2) is 13.4 Å². The molecule has 27 heavy (non-hydrogen) atoms. The molecule has 1 fully saturated rings. The topological polar surface area (TPSA) is 82.6 Å². The Morgan fingerprint density at radius 1 is 1.37 bits per heavy atom. The third-order valence-corrected chi connectivity index (χ3v) is 8.32. The second kappa shape index (κ2) is 8.26. The zero-order valence-electron chi connectivity index (χ0n) is 15.1. The van der Waals surface area contributed by atoms with Crippen molar-refractivity contribution in [2.45, 2.75) is 17.1 Å². The van der Waals surface area contributed by atoms with Gasteiger partial charge in [-0.15, -0.1) is 11.3 Å². The number of piperidine rings is 1. The Hall–Kier alpha value is -1.49. The minimum Gasteiger partial charge on any atom is -0.361 e. The predicted molar refractivity (Wildman–Crippen MR) is 111 cm³/mol. The minimum absolute atomic E-state index is 0.182. The van der Waals surface area contributed by atoms with E-state index in [2.05, 4.69) is 26.2 Å². The van der Waals surface area contributed by atoms with Crippen molar-refractivity contribution in [1.82, 2.24) is 9.29 Å². The highest BCUT2D eigenvalue weighted by molar-refractivity contribution is 9.11. The lowest BCUT2D eigenvalue weighted by molar-refractivity contribution is -0.120. The van der Waals surface area contributed by atoms with Crippen molar-refractivity contribution in [3.63, 3.8) is 0 Å². The Kier molecular flexibility index (Phi) is 6.19.